The fourth-order valence-electron chi connectivity index (χ4n) is 2.69. The van der Waals surface area contributed by atoms with Gasteiger partial charge in [-0.15, -0.1) is 0 Å². The number of anilines is 2. The van der Waals surface area contributed by atoms with Gasteiger partial charge in [0.2, 0.25) is 10.0 Å². The number of benzene rings is 2. The molecule has 0 unspecified atom stereocenters. The number of rotatable bonds is 8. The SMILES string of the molecule is CC[C@@H](CNC(=S)Nc1cccc(N(C)S(C)(=O)=O)c1)Cc1ccccc1. The van der Waals surface area contributed by atoms with Gasteiger partial charge in [-0.1, -0.05) is 49.7 Å². The maximum atomic E-state index is 11.7. The van der Waals surface area contributed by atoms with Crippen molar-refractivity contribution in [1.29, 1.82) is 0 Å². The standard InChI is InChI=1S/C20H27N3O2S2/c1-4-16(13-17-9-6-5-7-10-17)15-21-20(26)22-18-11-8-12-19(14-18)23(2)27(3,24)25/h5-12,14,16H,4,13,15H2,1-3H3,(H2,21,22,26)/t16-/m1/s1. The van der Waals surface area contributed by atoms with Crippen molar-refractivity contribution in [3.05, 3.63) is 60.2 Å². The van der Waals surface area contributed by atoms with Gasteiger partial charge in [-0.05, 0) is 48.3 Å². The second kappa shape index (κ2) is 9.71. The lowest BCUT2D eigenvalue weighted by Crippen LogP contribution is -2.33. The first-order valence-corrected chi connectivity index (χ1v) is 11.2. The van der Waals surface area contributed by atoms with Crippen molar-refractivity contribution in [2.24, 2.45) is 5.92 Å². The zero-order valence-corrected chi connectivity index (χ0v) is 17.6. The molecule has 0 aliphatic rings. The van der Waals surface area contributed by atoms with Crippen LogP contribution in [0.5, 0.6) is 0 Å². The molecule has 0 spiro atoms. The van der Waals surface area contributed by atoms with E-state index < -0.39 is 10.0 Å². The van der Waals surface area contributed by atoms with Crippen molar-refractivity contribution in [3.63, 3.8) is 0 Å². The van der Waals surface area contributed by atoms with Crippen molar-refractivity contribution < 1.29 is 8.42 Å². The minimum Gasteiger partial charge on any atom is -0.362 e. The summed E-state index contributed by atoms with van der Waals surface area (Å²) in [5.41, 5.74) is 2.65. The van der Waals surface area contributed by atoms with Crippen molar-refractivity contribution in [2.45, 2.75) is 19.8 Å². The second-order valence-electron chi connectivity index (χ2n) is 6.58. The lowest BCUT2D eigenvalue weighted by Gasteiger charge is -2.19. The van der Waals surface area contributed by atoms with Gasteiger partial charge in [-0.25, -0.2) is 8.42 Å². The molecule has 0 bridgehead atoms. The van der Waals surface area contributed by atoms with Gasteiger partial charge in [0, 0.05) is 19.3 Å². The number of nitrogens with one attached hydrogen (secondary N) is 2. The Morgan fingerprint density at radius 1 is 1.15 bits per heavy atom. The highest BCUT2D eigenvalue weighted by atomic mass is 32.2. The third-order valence-electron chi connectivity index (χ3n) is 4.46. The monoisotopic (exact) mass is 405 g/mol. The van der Waals surface area contributed by atoms with E-state index in [4.69, 9.17) is 12.2 Å². The topological polar surface area (TPSA) is 61.4 Å². The lowest BCUT2D eigenvalue weighted by molar-refractivity contribution is 0.498. The van der Waals surface area contributed by atoms with E-state index in [0.717, 1.165) is 25.1 Å². The number of thiocarbonyl (C=S) groups is 1. The Morgan fingerprint density at radius 2 is 1.85 bits per heavy atom. The average Bonchev–Trinajstić information content (AvgIpc) is 2.64. The Hall–Kier alpha value is -2.12. The quantitative estimate of drug-likeness (QED) is 0.657. The van der Waals surface area contributed by atoms with Crippen LogP contribution >= 0.6 is 12.2 Å². The number of sulfonamides is 1. The summed E-state index contributed by atoms with van der Waals surface area (Å²) in [6, 6.07) is 17.6. The van der Waals surface area contributed by atoms with E-state index in [1.54, 1.807) is 18.2 Å². The molecule has 0 aliphatic heterocycles. The van der Waals surface area contributed by atoms with Crippen LogP contribution in [0.4, 0.5) is 11.4 Å². The van der Waals surface area contributed by atoms with E-state index in [1.165, 1.54) is 23.2 Å². The third kappa shape index (κ3) is 6.84. The minimum absolute atomic E-state index is 0.481. The van der Waals surface area contributed by atoms with Crippen molar-refractivity contribution in [1.82, 2.24) is 5.32 Å². The van der Waals surface area contributed by atoms with Crippen LogP contribution in [0, 0.1) is 5.92 Å². The molecule has 0 aromatic heterocycles. The van der Waals surface area contributed by atoms with Gasteiger partial charge in [0.05, 0.1) is 11.9 Å². The first-order chi connectivity index (χ1) is 12.8. The highest BCUT2D eigenvalue weighted by Crippen LogP contribution is 2.20. The van der Waals surface area contributed by atoms with Crippen molar-refractivity contribution in [3.8, 4) is 0 Å². The molecule has 27 heavy (non-hydrogen) atoms. The Bertz CT molecular complexity index is 855. The summed E-state index contributed by atoms with van der Waals surface area (Å²) in [5.74, 6) is 0.481. The van der Waals surface area contributed by atoms with Crippen LogP contribution in [-0.4, -0.2) is 33.4 Å². The van der Waals surface area contributed by atoms with Gasteiger partial charge < -0.3 is 10.6 Å². The number of hydrogen-bond acceptors (Lipinski definition) is 3. The second-order valence-corrected chi connectivity index (χ2v) is 9.00. The fourth-order valence-corrected chi connectivity index (χ4v) is 3.39. The minimum atomic E-state index is -3.30. The van der Waals surface area contributed by atoms with Gasteiger partial charge in [0.15, 0.2) is 5.11 Å². The van der Waals surface area contributed by atoms with Gasteiger partial charge in [-0.2, -0.15) is 0 Å². The zero-order chi connectivity index (χ0) is 19.9. The summed E-state index contributed by atoms with van der Waals surface area (Å²) in [7, 11) is -1.77. The summed E-state index contributed by atoms with van der Waals surface area (Å²) in [6.45, 7) is 2.95. The van der Waals surface area contributed by atoms with Crippen LogP contribution in [0.2, 0.25) is 0 Å². The molecule has 2 rings (SSSR count). The molecule has 1 atom stereocenters. The highest BCUT2D eigenvalue weighted by molar-refractivity contribution is 7.92. The summed E-state index contributed by atoms with van der Waals surface area (Å²) in [5, 5.41) is 6.93. The molecule has 0 radical (unpaired) electrons. The maximum absolute atomic E-state index is 11.7. The van der Waals surface area contributed by atoms with Gasteiger partial charge in [-0.3, -0.25) is 4.31 Å². The molecule has 0 aliphatic carbocycles. The molecule has 0 fully saturated rings. The molecule has 0 heterocycles. The van der Waals surface area contributed by atoms with E-state index in [-0.39, 0.29) is 0 Å². The molecule has 0 amide bonds. The molecule has 2 aromatic rings. The summed E-state index contributed by atoms with van der Waals surface area (Å²) >= 11 is 5.40. The molecule has 7 heteroatoms. The Kier molecular flexibility index (Phi) is 7.62. The number of nitrogens with zero attached hydrogens (tertiary/aromatic N) is 1. The van der Waals surface area contributed by atoms with E-state index in [0.29, 0.717) is 16.7 Å². The molecule has 0 saturated heterocycles. The van der Waals surface area contributed by atoms with E-state index in [2.05, 4.69) is 41.8 Å². The smallest absolute Gasteiger partial charge is 0.231 e. The summed E-state index contributed by atoms with van der Waals surface area (Å²) in [6.07, 6.45) is 3.23. The van der Waals surface area contributed by atoms with Crippen LogP contribution in [0.15, 0.2) is 54.6 Å². The Balaban J connectivity index is 1.91. The van der Waals surface area contributed by atoms with E-state index >= 15 is 0 Å². The van der Waals surface area contributed by atoms with Crippen LogP contribution in [0.25, 0.3) is 0 Å². The first kappa shape index (κ1) is 21.2. The maximum Gasteiger partial charge on any atom is 0.231 e. The largest absolute Gasteiger partial charge is 0.362 e. The normalized spacial score (nSPS) is 12.3. The van der Waals surface area contributed by atoms with Crippen LogP contribution < -0.4 is 14.9 Å². The summed E-state index contributed by atoms with van der Waals surface area (Å²) in [4.78, 5) is 0. The van der Waals surface area contributed by atoms with E-state index in [1.807, 2.05) is 12.1 Å². The van der Waals surface area contributed by atoms with Crippen LogP contribution in [0.3, 0.4) is 0 Å². The van der Waals surface area contributed by atoms with Crippen LogP contribution in [0.1, 0.15) is 18.9 Å². The lowest BCUT2D eigenvalue weighted by atomic mass is 9.97. The van der Waals surface area contributed by atoms with Gasteiger partial charge in [0.1, 0.15) is 0 Å². The predicted octanol–water partition coefficient (Wildman–Crippen LogP) is 3.64. The summed E-state index contributed by atoms with van der Waals surface area (Å²) < 4.78 is 24.6. The Morgan fingerprint density at radius 3 is 2.48 bits per heavy atom. The van der Waals surface area contributed by atoms with Crippen molar-refractivity contribution in [2.75, 3.05) is 29.5 Å². The van der Waals surface area contributed by atoms with Crippen molar-refractivity contribution >= 4 is 38.7 Å². The van der Waals surface area contributed by atoms with Crippen LogP contribution in [-0.2, 0) is 16.4 Å². The first-order valence-electron chi connectivity index (χ1n) is 8.92. The fraction of sp³-hybridized carbons (Fsp3) is 0.350. The van der Waals surface area contributed by atoms with Gasteiger partial charge in [0.25, 0.3) is 0 Å². The highest BCUT2D eigenvalue weighted by Gasteiger charge is 2.12. The van der Waals surface area contributed by atoms with E-state index in [9.17, 15) is 8.42 Å². The predicted molar refractivity (Wildman–Crippen MR) is 118 cm³/mol. The number of hydrogen-bond donors (Lipinski definition) is 2. The molecule has 2 N–H and O–H groups in total. The Labute approximate surface area is 167 Å². The molecular formula is C20H27N3O2S2. The zero-order valence-electron chi connectivity index (χ0n) is 16.0. The molecule has 146 valence electrons. The molecule has 2 aromatic carbocycles. The third-order valence-corrected chi connectivity index (χ3v) is 5.91. The molecule has 5 nitrogen and oxygen atoms in total. The molecular weight excluding hydrogens is 378 g/mol. The average molecular weight is 406 g/mol. The van der Waals surface area contributed by atoms with Gasteiger partial charge >= 0.3 is 0 Å². The molecule has 0 saturated carbocycles.